The minimum absolute atomic E-state index is 0.122. The summed E-state index contributed by atoms with van der Waals surface area (Å²) >= 11 is 0. The van der Waals surface area contributed by atoms with Crippen LogP contribution in [0.3, 0.4) is 0 Å². The number of aryl methyl sites for hydroxylation is 1. The molecule has 0 saturated heterocycles. The Morgan fingerprint density at radius 2 is 1.74 bits per heavy atom. The highest BCUT2D eigenvalue weighted by molar-refractivity contribution is 5.64. The maximum atomic E-state index is 12.4. The smallest absolute Gasteiger partial charge is 0.0925 e. The van der Waals surface area contributed by atoms with Crippen LogP contribution in [0, 0.1) is 6.92 Å². The van der Waals surface area contributed by atoms with Crippen molar-refractivity contribution in [1.82, 2.24) is 0 Å². The molecule has 2 rings (SSSR count). The van der Waals surface area contributed by atoms with Crippen molar-refractivity contribution in [3.05, 3.63) is 59.7 Å². The van der Waals surface area contributed by atoms with Crippen LogP contribution < -0.4 is 0 Å². The van der Waals surface area contributed by atoms with Crippen molar-refractivity contribution in [1.29, 1.82) is 0 Å². The molecule has 0 amide bonds. The summed E-state index contributed by atoms with van der Waals surface area (Å²) in [7, 11) is 0. The van der Waals surface area contributed by atoms with Crippen molar-refractivity contribution >= 4 is 0 Å². The highest BCUT2D eigenvalue weighted by Crippen LogP contribution is 2.27. The normalized spacial score (nSPS) is 14.1. The quantitative estimate of drug-likeness (QED) is 0.870. The first-order chi connectivity index (χ1) is 9.03. The van der Waals surface area contributed by atoms with E-state index in [1.165, 1.54) is 5.56 Å². The van der Waals surface area contributed by atoms with E-state index in [9.17, 15) is 9.50 Å². The molecule has 0 aromatic heterocycles. The van der Waals surface area contributed by atoms with Crippen LogP contribution in [0.2, 0.25) is 0 Å². The third-order valence-electron chi connectivity index (χ3n) is 3.44. The van der Waals surface area contributed by atoms with Gasteiger partial charge in [0.05, 0.1) is 12.3 Å². The zero-order chi connectivity index (χ0) is 13.9. The van der Waals surface area contributed by atoms with Crippen LogP contribution in [0.25, 0.3) is 11.1 Å². The van der Waals surface area contributed by atoms with E-state index in [2.05, 4.69) is 25.1 Å². The van der Waals surface area contributed by atoms with Gasteiger partial charge < -0.3 is 5.11 Å². The summed E-state index contributed by atoms with van der Waals surface area (Å²) in [5.41, 5.74) is 3.12. The monoisotopic (exact) mass is 258 g/mol. The first-order valence-electron chi connectivity index (χ1n) is 6.49. The highest BCUT2D eigenvalue weighted by Gasteiger charge is 2.22. The second-order valence-corrected chi connectivity index (χ2v) is 5.16. The Hall–Kier alpha value is -1.67. The predicted molar refractivity (Wildman–Crippen MR) is 76.8 cm³/mol. The van der Waals surface area contributed by atoms with Gasteiger partial charge in [0.1, 0.15) is 0 Å². The minimum Gasteiger partial charge on any atom is -0.385 e. The van der Waals surface area contributed by atoms with Crippen LogP contribution >= 0.6 is 0 Å². The fraction of sp³-hybridized carbons (Fsp3) is 0.294. The molecule has 0 aliphatic carbocycles. The molecular formula is C17H19FO. The molecule has 1 atom stereocenters. The maximum Gasteiger partial charge on any atom is 0.0925 e. The lowest BCUT2D eigenvalue weighted by atomic mass is 9.91. The molecule has 0 saturated carbocycles. The molecule has 0 aliphatic rings. The van der Waals surface area contributed by atoms with Gasteiger partial charge in [0, 0.05) is 6.42 Å². The third-order valence-corrected chi connectivity index (χ3v) is 3.44. The summed E-state index contributed by atoms with van der Waals surface area (Å²) in [5.74, 6) is 0. The van der Waals surface area contributed by atoms with E-state index in [1.54, 1.807) is 6.92 Å². The van der Waals surface area contributed by atoms with Crippen LogP contribution in [0.15, 0.2) is 48.5 Å². The molecule has 0 radical (unpaired) electrons. The van der Waals surface area contributed by atoms with Gasteiger partial charge in [-0.1, -0.05) is 54.1 Å². The minimum atomic E-state index is -1.10. The molecule has 1 N–H and O–H groups in total. The number of hydrogen-bond donors (Lipinski definition) is 1. The lowest BCUT2D eigenvalue weighted by molar-refractivity contribution is 0.0408. The number of aliphatic hydroxyl groups is 1. The maximum absolute atomic E-state index is 12.4. The summed E-state index contributed by atoms with van der Waals surface area (Å²) < 4.78 is 12.4. The Morgan fingerprint density at radius 1 is 1.05 bits per heavy atom. The highest BCUT2D eigenvalue weighted by atomic mass is 19.1. The van der Waals surface area contributed by atoms with Gasteiger partial charge in [-0.05, 0) is 30.5 Å². The molecule has 0 aliphatic heterocycles. The van der Waals surface area contributed by atoms with Gasteiger partial charge in [-0.3, -0.25) is 4.39 Å². The fourth-order valence-electron chi connectivity index (χ4n) is 2.17. The van der Waals surface area contributed by atoms with Gasteiger partial charge in [0.15, 0.2) is 0 Å². The molecule has 1 nitrogen and oxygen atoms in total. The van der Waals surface area contributed by atoms with E-state index in [-0.39, 0.29) is 6.42 Å². The number of benzene rings is 2. The number of halogens is 1. The van der Waals surface area contributed by atoms with E-state index in [0.29, 0.717) is 0 Å². The number of rotatable bonds is 4. The van der Waals surface area contributed by atoms with Crippen LogP contribution in [-0.2, 0) is 5.60 Å². The molecule has 0 heterocycles. The van der Waals surface area contributed by atoms with Crippen LogP contribution in [-0.4, -0.2) is 11.8 Å². The summed E-state index contributed by atoms with van der Waals surface area (Å²) in [5, 5.41) is 10.2. The molecule has 2 heteroatoms. The van der Waals surface area contributed by atoms with Crippen LogP contribution in [0.5, 0.6) is 0 Å². The average molecular weight is 258 g/mol. The van der Waals surface area contributed by atoms with E-state index in [0.717, 1.165) is 16.7 Å². The molecular weight excluding hydrogens is 239 g/mol. The summed E-state index contributed by atoms with van der Waals surface area (Å²) in [6, 6.07) is 15.9. The third kappa shape index (κ3) is 3.21. The van der Waals surface area contributed by atoms with Crippen molar-refractivity contribution in [2.24, 2.45) is 0 Å². The van der Waals surface area contributed by atoms with Gasteiger partial charge in [-0.15, -0.1) is 0 Å². The largest absolute Gasteiger partial charge is 0.385 e. The average Bonchev–Trinajstić information content (AvgIpc) is 2.39. The summed E-state index contributed by atoms with van der Waals surface area (Å²) in [6.45, 7) is 3.19. The van der Waals surface area contributed by atoms with Crippen molar-refractivity contribution in [3.8, 4) is 11.1 Å². The van der Waals surface area contributed by atoms with Crippen molar-refractivity contribution in [2.75, 3.05) is 6.67 Å². The van der Waals surface area contributed by atoms with E-state index in [4.69, 9.17) is 0 Å². The van der Waals surface area contributed by atoms with Gasteiger partial charge in [-0.2, -0.15) is 0 Å². The van der Waals surface area contributed by atoms with Gasteiger partial charge in [-0.25, -0.2) is 0 Å². The van der Waals surface area contributed by atoms with Gasteiger partial charge >= 0.3 is 0 Å². The molecule has 2 aromatic rings. The Kier molecular flexibility index (Phi) is 4.01. The molecule has 19 heavy (non-hydrogen) atoms. The molecule has 0 spiro atoms. The van der Waals surface area contributed by atoms with Crippen molar-refractivity contribution in [3.63, 3.8) is 0 Å². The SMILES string of the molecule is Cc1cccc(-c2ccc(C(C)(O)CCF)cc2)c1. The van der Waals surface area contributed by atoms with E-state index < -0.39 is 12.3 Å². The lowest BCUT2D eigenvalue weighted by Crippen LogP contribution is -2.21. The predicted octanol–water partition coefficient (Wildman–Crippen LogP) is 4.23. The summed E-state index contributed by atoms with van der Waals surface area (Å²) in [6.07, 6.45) is 0.122. The van der Waals surface area contributed by atoms with Crippen molar-refractivity contribution in [2.45, 2.75) is 25.9 Å². The number of hydrogen-bond acceptors (Lipinski definition) is 1. The zero-order valence-corrected chi connectivity index (χ0v) is 11.4. The fourth-order valence-corrected chi connectivity index (χ4v) is 2.17. The molecule has 1 unspecified atom stereocenters. The zero-order valence-electron chi connectivity index (χ0n) is 11.4. The van der Waals surface area contributed by atoms with Gasteiger partial charge in [0.25, 0.3) is 0 Å². The Bertz CT molecular complexity index is 543. The molecule has 100 valence electrons. The summed E-state index contributed by atoms with van der Waals surface area (Å²) in [4.78, 5) is 0. The topological polar surface area (TPSA) is 20.2 Å². The van der Waals surface area contributed by atoms with Crippen LogP contribution in [0.4, 0.5) is 4.39 Å². The molecule has 2 aromatic carbocycles. The van der Waals surface area contributed by atoms with Crippen molar-refractivity contribution < 1.29 is 9.50 Å². The standard InChI is InChI=1S/C17H19FO/c1-13-4-3-5-15(12-13)14-6-8-16(9-7-14)17(2,19)10-11-18/h3-9,12,19H,10-11H2,1-2H3. The second-order valence-electron chi connectivity index (χ2n) is 5.16. The Balaban J connectivity index is 2.28. The number of alkyl halides is 1. The van der Waals surface area contributed by atoms with E-state index in [1.807, 2.05) is 30.3 Å². The molecule has 0 bridgehead atoms. The Labute approximate surface area is 113 Å². The van der Waals surface area contributed by atoms with Crippen LogP contribution in [0.1, 0.15) is 24.5 Å². The second kappa shape index (κ2) is 5.54. The first kappa shape index (κ1) is 13.8. The van der Waals surface area contributed by atoms with E-state index >= 15 is 0 Å². The molecule has 0 fully saturated rings. The Morgan fingerprint density at radius 3 is 2.32 bits per heavy atom. The lowest BCUT2D eigenvalue weighted by Gasteiger charge is -2.22. The first-order valence-corrected chi connectivity index (χ1v) is 6.49. The van der Waals surface area contributed by atoms with Gasteiger partial charge in [0.2, 0.25) is 0 Å².